The highest BCUT2D eigenvalue weighted by molar-refractivity contribution is 7.91. The van der Waals surface area contributed by atoms with E-state index in [2.05, 4.69) is 0 Å². The molecule has 0 spiro atoms. The zero-order valence-corrected chi connectivity index (χ0v) is 13.4. The first-order valence-corrected chi connectivity index (χ1v) is 8.38. The number of sulfone groups is 1. The summed E-state index contributed by atoms with van der Waals surface area (Å²) in [6.07, 6.45) is 0. The van der Waals surface area contributed by atoms with E-state index >= 15 is 0 Å². The average Bonchev–Trinajstić information content (AvgIpc) is 2.53. The molecule has 1 heterocycles. The summed E-state index contributed by atoms with van der Waals surface area (Å²) in [5.41, 5.74) is 0.817. The molecule has 0 aliphatic carbocycles. The molecule has 0 bridgehead atoms. The van der Waals surface area contributed by atoms with E-state index in [9.17, 15) is 18.5 Å². The number of rotatable bonds is 2. The number of hydrogen-bond acceptors (Lipinski definition) is 4. The Hall–Kier alpha value is -2.67. The quantitative estimate of drug-likeness (QED) is 0.675. The van der Waals surface area contributed by atoms with E-state index in [0.717, 1.165) is 5.56 Å². The number of fused-ring (bicyclic) bond motifs is 1. The Morgan fingerprint density at radius 1 is 1.04 bits per heavy atom. The molecular formula is C16H14N2O4S. The van der Waals surface area contributed by atoms with Crippen molar-refractivity contribution in [1.82, 2.24) is 4.73 Å². The molecule has 3 rings (SSSR count). The molecule has 0 unspecified atom stereocenters. The fraction of sp³-hybridized carbons (Fsp3) is 0.125. The minimum absolute atomic E-state index is 0.0192. The molecule has 2 aromatic carbocycles. The molecule has 0 aliphatic rings. The van der Waals surface area contributed by atoms with Crippen molar-refractivity contribution < 1.29 is 12.8 Å². The second-order valence-corrected chi connectivity index (χ2v) is 7.15. The maximum absolute atomic E-state index is 12.8. The van der Waals surface area contributed by atoms with E-state index in [-0.39, 0.29) is 21.6 Å². The van der Waals surface area contributed by atoms with Crippen LogP contribution in [0.2, 0.25) is 0 Å². The van der Waals surface area contributed by atoms with Gasteiger partial charge in [-0.05, 0) is 37.6 Å². The molecule has 0 radical (unpaired) electrons. The van der Waals surface area contributed by atoms with Gasteiger partial charge in [-0.3, -0.25) is 0 Å². The van der Waals surface area contributed by atoms with E-state index in [1.165, 1.54) is 25.1 Å². The molecule has 0 fully saturated rings. The molecule has 0 atom stereocenters. The van der Waals surface area contributed by atoms with Gasteiger partial charge in [-0.25, -0.2) is 8.42 Å². The first-order valence-electron chi connectivity index (χ1n) is 6.90. The van der Waals surface area contributed by atoms with Crippen molar-refractivity contribution in [3.63, 3.8) is 0 Å². The molecule has 0 amide bonds. The van der Waals surface area contributed by atoms with E-state index in [0.29, 0.717) is 9.16 Å². The highest BCUT2D eigenvalue weighted by Crippen LogP contribution is 2.23. The van der Waals surface area contributed by atoms with Crippen LogP contribution in [-0.2, 0) is 9.84 Å². The van der Waals surface area contributed by atoms with Gasteiger partial charge in [-0.1, -0.05) is 24.3 Å². The van der Waals surface area contributed by atoms with Gasteiger partial charge in [0.25, 0.3) is 15.4 Å². The van der Waals surface area contributed by atoms with Gasteiger partial charge in [-0.2, -0.15) is 0 Å². The molecule has 0 aliphatic heterocycles. The third kappa shape index (κ3) is 2.29. The van der Waals surface area contributed by atoms with Crippen LogP contribution in [-0.4, -0.2) is 13.1 Å². The molecule has 6 nitrogen and oxygen atoms in total. The molecule has 23 heavy (non-hydrogen) atoms. The fourth-order valence-corrected chi connectivity index (χ4v) is 4.03. The Labute approximate surface area is 132 Å². The Kier molecular flexibility index (Phi) is 3.45. The number of hydrogen-bond donors (Lipinski definition) is 0. The summed E-state index contributed by atoms with van der Waals surface area (Å²) in [5.74, 6) is 0. The largest absolute Gasteiger partial charge is 0.805 e. The lowest BCUT2D eigenvalue weighted by Gasteiger charge is -2.16. The lowest BCUT2D eigenvalue weighted by molar-refractivity contribution is -0.512. The number of benzene rings is 2. The zero-order chi connectivity index (χ0) is 16.8. The summed E-state index contributed by atoms with van der Waals surface area (Å²) in [6, 6.07) is 12.3. The van der Waals surface area contributed by atoms with Crippen molar-refractivity contribution in [3.8, 4) is 0 Å². The fourth-order valence-electron chi connectivity index (χ4n) is 2.51. The number of nitrogens with zero attached hydrogens (tertiary/aromatic N) is 2. The SMILES string of the molecule is Cc1ccc2c(c1)n([O-])c(C)c(S(=O)(=O)c1ccccc1)[n+]2=O. The van der Waals surface area contributed by atoms with Crippen LogP contribution in [0.15, 0.2) is 58.5 Å². The topological polar surface area (TPSA) is 85.1 Å². The van der Waals surface area contributed by atoms with Crippen LogP contribution >= 0.6 is 0 Å². The Morgan fingerprint density at radius 3 is 2.35 bits per heavy atom. The van der Waals surface area contributed by atoms with Gasteiger partial charge in [0.1, 0.15) is 11.2 Å². The van der Waals surface area contributed by atoms with Crippen molar-refractivity contribution in [2.45, 2.75) is 23.8 Å². The molecule has 0 N–H and O–H groups in total. The molecule has 0 saturated carbocycles. The van der Waals surface area contributed by atoms with Crippen LogP contribution in [0.1, 0.15) is 11.3 Å². The van der Waals surface area contributed by atoms with Crippen LogP contribution in [0.3, 0.4) is 0 Å². The van der Waals surface area contributed by atoms with Gasteiger partial charge >= 0.3 is 5.03 Å². The Balaban J connectivity index is 2.45. The van der Waals surface area contributed by atoms with E-state index in [1.807, 2.05) is 0 Å². The highest BCUT2D eigenvalue weighted by Gasteiger charge is 2.34. The minimum Gasteiger partial charge on any atom is -0.805 e. The predicted molar refractivity (Wildman–Crippen MR) is 85.4 cm³/mol. The van der Waals surface area contributed by atoms with Gasteiger partial charge in [0.15, 0.2) is 0 Å². The standard InChI is InChI=1S/C16H14N2O4S/c1-11-8-9-14-15(10-11)17(19)12(2)16(18(14)20)23(21,22)13-6-4-3-5-7-13/h3-10H,1-2H3. The first-order chi connectivity index (χ1) is 10.8. The normalized spacial score (nSPS) is 11.7. The molecule has 118 valence electrons. The van der Waals surface area contributed by atoms with Crippen LogP contribution in [0.5, 0.6) is 0 Å². The molecular weight excluding hydrogens is 316 g/mol. The first kappa shape index (κ1) is 15.2. The predicted octanol–water partition coefficient (Wildman–Crippen LogP) is 2.35. The molecule has 1 aromatic heterocycles. The van der Waals surface area contributed by atoms with Crippen LogP contribution in [0.25, 0.3) is 11.0 Å². The lowest BCUT2D eigenvalue weighted by atomic mass is 10.2. The van der Waals surface area contributed by atoms with E-state index < -0.39 is 14.9 Å². The summed E-state index contributed by atoms with van der Waals surface area (Å²) in [5, 5.41) is 11.9. The number of aryl methyl sites for hydroxylation is 1. The summed E-state index contributed by atoms with van der Waals surface area (Å²) < 4.78 is 26.3. The summed E-state index contributed by atoms with van der Waals surface area (Å²) >= 11 is 0. The smallest absolute Gasteiger partial charge is 0.376 e. The van der Waals surface area contributed by atoms with E-state index in [1.54, 1.807) is 37.3 Å². The van der Waals surface area contributed by atoms with Crippen LogP contribution in [0, 0.1) is 24.0 Å². The summed E-state index contributed by atoms with van der Waals surface area (Å²) in [6.45, 7) is 3.12. The van der Waals surface area contributed by atoms with Gasteiger partial charge in [-0.15, -0.1) is 0 Å². The molecule has 3 aromatic rings. The van der Waals surface area contributed by atoms with Crippen molar-refractivity contribution in [1.29, 1.82) is 0 Å². The lowest BCUT2D eigenvalue weighted by Crippen LogP contribution is -2.30. The zero-order valence-electron chi connectivity index (χ0n) is 12.6. The van der Waals surface area contributed by atoms with Gasteiger partial charge in [0, 0.05) is 11.0 Å². The van der Waals surface area contributed by atoms with Gasteiger partial charge in [0.05, 0.1) is 9.32 Å². The van der Waals surface area contributed by atoms with E-state index in [4.69, 9.17) is 0 Å². The third-order valence-electron chi connectivity index (χ3n) is 3.68. The van der Waals surface area contributed by atoms with Crippen molar-refractivity contribution in [2.24, 2.45) is 0 Å². The maximum atomic E-state index is 12.8. The van der Waals surface area contributed by atoms with Crippen molar-refractivity contribution in [2.75, 3.05) is 0 Å². The summed E-state index contributed by atoms with van der Waals surface area (Å²) in [7, 11) is -4.09. The number of aromatic nitrogens is 2. The van der Waals surface area contributed by atoms with Crippen LogP contribution in [0.4, 0.5) is 0 Å². The highest BCUT2D eigenvalue weighted by atomic mass is 32.2. The Bertz CT molecular complexity index is 1070. The van der Waals surface area contributed by atoms with Gasteiger partial charge < -0.3 is 9.94 Å². The van der Waals surface area contributed by atoms with Crippen molar-refractivity contribution in [3.05, 3.63) is 69.9 Å². The molecule has 7 heteroatoms. The maximum Gasteiger partial charge on any atom is 0.376 e. The Morgan fingerprint density at radius 2 is 1.70 bits per heavy atom. The molecule has 0 saturated heterocycles. The van der Waals surface area contributed by atoms with Crippen molar-refractivity contribution >= 4 is 20.9 Å². The average molecular weight is 330 g/mol. The monoisotopic (exact) mass is 330 g/mol. The minimum atomic E-state index is -4.09. The second kappa shape index (κ2) is 5.20. The third-order valence-corrected chi connectivity index (χ3v) is 5.54. The van der Waals surface area contributed by atoms with Gasteiger partial charge in [0.2, 0.25) is 0 Å². The second-order valence-electron chi connectivity index (χ2n) is 5.29. The summed E-state index contributed by atoms with van der Waals surface area (Å²) in [4.78, 5) is 12.6. The van der Waals surface area contributed by atoms with Crippen LogP contribution < -0.4 is 4.43 Å².